The van der Waals surface area contributed by atoms with Crippen molar-refractivity contribution in [3.8, 4) is 0 Å². The summed E-state index contributed by atoms with van der Waals surface area (Å²) in [5, 5.41) is 13.1. The molecule has 1 aromatic heterocycles. The zero-order valence-corrected chi connectivity index (χ0v) is 7.90. The molecular weight excluding hydrogens is 166 g/mol. The van der Waals surface area contributed by atoms with Gasteiger partial charge in [-0.15, -0.1) is 0 Å². The number of rotatable bonds is 2. The van der Waals surface area contributed by atoms with E-state index in [2.05, 4.69) is 17.0 Å². The molecule has 1 atom stereocenters. The van der Waals surface area contributed by atoms with Crippen molar-refractivity contribution >= 4 is 0 Å². The summed E-state index contributed by atoms with van der Waals surface area (Å²) in [6.07, 6.45) is 2.79. The van der Waals surface area contributed by atoms with Gasteiger partial charge in [0.25, 0.3) is 0 Å². The number of aliphatic hydroxyl groups excluding tert-OH is 1. The number of aromatic nitrogens is 3. The van der Waals surface area contributed by atoms with Crippen LogP contribution in [0.15, 0.2) is 0 Å². The smallest absolute Gasteiger partial charge is 0.153 e. The molecule has 1 unspecified atom stereocenters. The van der Waals surface area contributed by atoms with Gasteiger partial charge < -0.3 is 5.11 Å². The third-order valence-electron chi connectivity index (χ3n) is 2.49. The van der Waals surface area contributed by atoms with E-state index in [1.54, 1.807) is 0 Å². The molecule has 0 aliphatic carbocycles. The number of aliphatic hydroxyl groups is 1. The zero-order chi connectivity index (χ0) is 9.26. The molecule has 0 bridgehead atoms. The second-order valence-electron chi connectivity index (χ2n) is 3.74. The summed E-state index contributed by atoms with van der Waals surface area (Å²) in [6.45, 7) is 3.36. The number of aryl methyl sites for hydroxylation is 1. The van der Waals surface area contributed by atoms with Crippen LogP contribution in [0.4, 0.5) is 0 Å². The van der Waals surface area contributed by atoms with Gasteiger partial charge in [0, 0.05) is 19.4 Å². The fraction of sp³-hybridized carbons (Fsp3) is 0.778. The molecule has 1 aromatic rings. The van der Waals surface area contributed by atoms with E-state index >= 15 is 0 Å². The van der Waals surface area contributed by atoms with Gasteiger partial charge in [0.1, 0.15) is 5.82 Å². The first-order valence-corrected chi connectivity index (χ1v) is 4.83. The first-order valence-electron chi connectivity index (χ1n) is 4.83. The molecule has 2 rings (SSSR count). The lowest BCUT2D eigenvalue weighted by molar-refractivity contribution is 0.296. The van der Waals surface area contributed by atoms with Crippen LogP contribution in [-0.4, -0.2) is 26.5 Å². The summed E-state index contributed by atoms with van der Waals surface area (Å²) in [7, 11) is 0. The van der Waals surface area contributed by atoms with Gasteiger partial charge in [0.05, 0.1) is 6.61 Å². The topological polar surface area (TPSA) is 50.9 Å². The Morgan fingerprint density at radius 3 is 3.23 bits per heavy atom. The molecule has 1 aliphatic heterocycles. The van der Waals surface area contributed by atoms with Crippen LogP contribution in [0.3, 0.4) is 0 Å². The van der Waals surface area contributed by atoms with Crippen LogP contribution < -0.4 is 0 Å². The van der Waals surface area contributed by atoms with Crippen molar-refractivity contribution in [3.63, 3.8) is 0 Å². The van der Waals surface area contributed by atoms with Crippen LogP contribution in [0, 0.1) is 5.92 Å². The van der Waals surface area contributed by atoms with Gasteiger partial charge in [-0.1, -0.05) is 6.92 Å². The van der Waals surface area contributed by atoms with Crippen LogP contribution in [0.5, 0.6) is 0 Å². The molecule has 2 heterocycles. The molecule has 0 saturated heterocycles. The van der Waals surface area contributed by atoms with Crippen LogP contribution in [0.2, 0.25) is 0 Å². The quantitative estimate of drug-likeness (QED) is 0.718. The van der Waals surface area contributed by atoms with E-state index in [1.165, 1.54) is 6.42 Å². The lowest BCUT2D eigenvalue weighted by Crippen LogP contribution is -2.18. The number of hydrogen-bond donors (Lipinski definition) is 1. The summed E-state index contributed by atoms with van der Waals surface area (Å²) in [4.78, 5) is 4.38. The van der Waals surface area contributed by atoms with E-state index in [9.17, 15) is 0 Å². The van der Waals surface area contributed by atoms with Gasteiger partial charge in [0.15, 0.2) is 5.82 Å². The Balaban J connectivity index is 2.18. The largest absolute Gasteiger partial charge is 0.396 e. The molecule has 0 spiro atoms. The number of fused-ring (bicyclic) bond motifs is 1. The predicted octanol–water partition coefficient (Wildman–Crippen LogP) is 0.395. The van der Waals surface area contributed by atoms with Crippen molar-refractivity contribution in [1.82, 2.24) is 14.8 Å². The van der Waals surface area contributed by atoms with Crippen molar-refractivity contribution in [1.29, 1.82) is 0 Å². The maximum Gasteiger partial charge on any atom is 0.153 e. The lowest BCUT2D eigenvalue weighted by atomic mass is 10.0. The molecule has 1 aliphatic rings. The minimum absolute atomic E-state index is 0.138. The lowest BCUT2D eigenvalue weighted by Gasteiger charge is -2.17. The van der Waals surface area contributed by atoms with Crippen LogP contribution in [0.1, 0.15) is 25.0 Å². The van der Waals surface area contributed by atoms with E-state index in [1.807, 2.05) is 4.68 Å². The fourth-order valence-electron chi connectivity index (χ4n) is 1.72. The van der Waals surface area contributed by atoms with Crippen LogP contribution >= 0.6 is 0 Å². The Labute approximate surface area is 77.6 Å². The SMILES string of the molecule is CC1CCn2nc(CCO)nc2C1. The zero-order valence-electron chi connectivity index (χ0n) is 7.90. The molecular formula is C9H15N3O. The second kappa shape index (κ2) is 3.46. The van der Waals surface area contributed by atoms with E-state index in [0.29, 0.717) is 6.42 Å². The first kappa shape index (κ1) is 8.69. The molecule has 72 valence electrons. The predicted molar refractivity (Wildman–Crippen MR) is 48.3 cm³/mol. The monoisotopic (exact) mass is 181 g/mol. The Morgan fingerprint density at radius 1 is 1.62 bits per heavy atom. The molecule has 4 heteroatoms. The highest BCUT2D eigenvalue weighted by Gasteiger charge is 2.18. The van der Waals surface area contributed by atoms with Gasteiger partial charge in [-0.25, -0.2) is 9.67 Å². The molecule has 0 aromatic carbocycles. The highest BCUT2D eigenvalue weighted by atomic mass is 16.3. The highest BCUT2D eigenvalue weighted by Crippen LogP contribution is 2.17. The van der Waals surface area contributed by atoms with Gasteiger partial charge in [-0.2, -0.15) is 5.10 Å². The summed E-state index contributed by atoms with van der Waals surface area (Å²) >= 11 is 0. The Bertz CT molecular complexity index is 295. The summed E-state index contributed by atoms with van der Waals surface area (Å²) in [6, 6.07) is 0. The minimum Gasteiger partial charge on any atom is -0.396 e. The van der Waals surface area contributed by atoms with Gasteiger partial charge in [0.2, 0.25) is 0 Å². The molecule has 13 heavy (non-hydrogen) atoms. The Morgan fingerprint density at radius 2 is 2.46 bits per heavy atom. The Hall–Kier alpha value is -0.900. The normalized spacial score (nSPS) is 21.5. The van der Waals surface area contributed by atoms with Crippen molar-refractivity contribution in [2.45, 2.75) is 32.7 Å². The van der Waals surface area contributed by atoms with E-state index in [4.69, 9.17) is 5.11 Å². The molecule has 1 N–H and O–H groups in total. The number of hydrogen-bond acceptors (Lipinski definition) is 3. The number of nitrogens with zero attached hydrogens (tertiary/aromatic N) is 3. The standard InChI is InChI=1S/C9H15N3O/c1-7-2-4-12-9(6-7)10-8(11-12)3-5-13/h7,13H,2-6H2,1H3. The molecule has 0 radical (unpaired) electrons. The highest BCUT2D eigenvalue weighted by molar-refractivity contribution is 4.97. The average molecular weight is 181 g/mol. The van der Waals surface area contributed by atoms with Crippen molar-refractivity contribution in [2.24, 2.45) is 5.92 Å². The maximum absolute atomic E-state index is 8.74. The van der Waals surface area contributed by atoms with Crippen molar-refractivity contribution < 1.29 is 5.11 Å². The van der Waals surface area contributed by atoms with Gasteiger partial charge in [-0.3, -0.25) is 0 Å². The van der Waals surface area contributed by atoms with Gasteiger partial charge >= 0.3 is 0 Å². The van der Waals surface area contributed by atoms with Gasteiger partial charge in [-0.05, 0) is 12.3 Å². The summed E-state index contributed by atoms with van der Waals surface area (Å²) in [5.74, 6) is 2.59. The molecule has 4 nitrogen and oxygen atoms in total. The van der Waals surface area contributed by atoms with E-state index < -0.39 is 0 Å². The second-order valence-corrected chi connectivity index (χ2v) is 3.74. The first-order chi connectivity index (χ1) is 6.29. The van der Waals surface area contributed by atoms with Crippen molar-refractivity contribution in [3.05, 3.63) is 11.6 Å². The van der Waals surface area contributed by atoms with Crippen LogP contribution in [-0.2, 0) is 19.4 Å². The summed E-state index contributed by atoms with van der Waals surface area (Å²) in [5.41, 5.74) is 0. The maximum atomic E-state index is 8.74. The summed E-state index contributed by atoms with van der Waals surface area (Å²) < 4.78 is 1.98. The molecule has 0 fully saturated rings. The van der Waals surface area contributed by atoms with E-state index in [0.717, 1.165) is 30.5 Å². The van der Waals surface area contributed by atoms with Crippen molar-refractivity contribution in [2.75, 3.05) is 6.61 Å². The van der Waals surface area contributed by atoms with E-state index in [-0.39, 0.29) is 6.61 Å². The van der Waals surface area contributed by atoms with Crippen LogP contribution in [0.25, 0.3) is 0 Å². The minimum atomic E-state index is 0.138. The third-order valence-corrected chi connectivity index (χ3v) is 2.49. The third kappa shape index (κ3) is 1.72. The average Bonchev–Trinajstić information content (AvgIpc) is 2.46. The fourth-order valence-corrected chi connectivity index (χ4v) is 1.72. The Kier molecular flexibility index (Phi) is 2.31. The molecule has 0 amide bonds. The molecule has 0 saturated carbocycles.